The number of aromatic nitrogens is 3. The highest BCUT2D eigenvalue weighted by Gasteiger charge is 2.32. The van der Waals surface area contributed by atoms with Gasteiger partial charge in [-0.05, 0) is 51.0 Å². The molecule has 1 aromatic heterocycles. The summed E-state index contributed by atoms with van der Waals surface area (Å²) in [6.07, 6.45) is 0. The molecule has 0 saturated heterocycles. The molecule has 2 heterocycles. The number of ether oxygens (including phenoxy) is 1. The lowest BCUT2D eigenvalue weighted by Gasteiger charge is -2.33. The van der Waals surface area contributed by atoms with Gasteiger partial charge in [-0.2, -0.15) is 0 Å². The molecular weight excluding hydrogens is 438 g/mol. The highest BCUT2D eigenvalue weighted by Crippen LogP contribution is 2.37. The zero-order chi connectivity index (χ0) is 23.7. The van der Waals surface area contributed by atoms with E-state index in [1.54, 1.807) is 4.90 Å². The quantitative estimate of drug-likeness (QED) is 0.555. The monoisotopic (exact) mass is 465 g/mol. The van der Waals surface area contributed by atoms with Crippen molar-refractivity contribution < 1.29 is 14.3 Å². The number of carbonyl (C=O) groups is 2. The number of hydrogen-bond acceptors (Lipinski definition) is 6. The number of nitrogens with one attached hydrogen (secondary N) is 1. The fraction of sp³-hybridized carbons (Fsp3) is 0.333. The number of aryl methyl sites for hydroxylation is 3. The number of hydrogen-bond donors (Lipinski definition) is 1. The molecule has 2 amide bonds. The zero-order valence-corrected chi connectivity index (χ0v) is 20.2. The molecule has 3 aromatic rings. The lowest BCUT2D eigenvalue weighted by molar-refractivity contribution is -0.121. The molecule has 1 aliphatic rings. The van der Waals surface area contributed by atoms with Crippen LogP contribution in [0.25, 0.3) is 0 Å². The smallest absolute Gasteiger partial charge is 0.265 e. The Balaban J connectivity index is 1.46. The molecule has 0 bridgehead atoms. The number of fused-ring (bicyclic) bond motifs is 1. The first-order valence-corrected chi connectivity index (χ1v) is 11.7. The molecule has 1 aliphatic heterocycles. The number of amides is 2. The van der Waals surface area contributed by atoms with Crippen LogP contribution in [0.3, 0.4) is 0 Å². The normalized spacial score (nSPS) is 14.0. The van der Waals surface area contributed by atoms with E-state index in [1.807, 2.05) is 63.6 Å². The Morgan fingerprint density at radius 1 is 1.18 bits per heavy atom. The van der Waals surface area contributed by atoms with E-state index in [4.69, 9.17) is 4.74 Å². The summed E-state index contributed by atoms with van der Waals surface area (Å²) in [6, 6.07) is 11.2. The van der Waals surface area contributed by atoms with Gasteiger partial charge in [0.2, 0.25) is 5.91 Å². The van der Waals surface area contributed by atoms with Gasteiger partial charge >= 0.3 is 0 Å². The molecule has 9 heteroatoms. The largest absolute Gasteiger partial charge is 0.482 e. The van der Waals surface area contributed by atoms with Gasteiger partial charge in [-0.1, -0.05) is 41.6 Å². The molecule has 172 valence electrons. The lowest BCUT2D eigenvalue weighted by Crippen LogP contribution is -2.41. The first-order chi connectivity index (χ1) is 15.8. The number of anilines is 2. The molecule has 2 aromatic carbocycles. The van der Waals surface area contributed by atoms with Crippen LogP contribution in [-0.4, -0.2) is 38.9 Å². The van der Waals surface area contributed by atoms with Gasteiger partial charge in [-0.15, -0.1) is 10.2 Å². The third kappa shape index (κ3) is 4.59. The summed E-state index contributed by atoms with van der Waals surface area (Å²) in [4.78, 5) is 26.9. The summed E-state index contributed by atoms with van der Waals surface area (Å²) >= 11 is 1.31. The van der Waals surface area contributed by atoms with Crippen LogP contribution in [0.15, 0.2) is 41.6 Å². The Labute approximate surface area is 197 Å². The van der Waals surface area contributed by atoms with Gasteiger partial charge in [-0.3, -0.25) is 14.5 Å². The molecule has 0 aliphatic carbocycles. The van der Waals surface area contributed by atoms with Crippen LogP contribution >= 0.6 is 11.8 Å². The van der Waals surface area contributed by atoms with E-state index >= 15 is 0 Å². The van der Waals surface area contributed by atoms with Crippen molar-refractivity contribution in [2.75, 3.05) is 22.6 Å². The molecule has 1 atom stereocenters. The number of para-hydroxylation sites is 2. The predicted molar refractivity (Wildman–Crippen MR) is 129 cm³/mol. The first-order valence-electron chi connectivity index (χ1n) is 10.7. The Morgan fingerprint density at radius 2 is 1.88 bits per heavy atom. The highest BCUT2D eigenvalue weighted by atomic mass is 32.2. The van der Waals surface area contributed by atoms with Crippen molar-refractivity contribution in [3.8, 4) is 5.75 Å². The topological polar surface area (TPSA) is 89.3 Å². The van der Waals surface area contributed by atoms with Crippen molar-refractivity contribution in [1.29, 1.82) is 0 Å². The van der Waals surface area contributed by atoms with Gasteiger partial charge in [0.1, 0.15) is 5.75 Å². The number of thioether (sulfide) groups is 1. The van der Waals surface area contributed by atoms with Crippen LogP contribution < -0.4 is 15.0 Å². The number of nitrogens with zero attached hydrogens (tertiary/aromatic N) is 4. The molecule has 0 saturated carbocycles. The minimum absolute atomic E-state index is 0.0151. The summed E-state index contributed by atoms with van der Waals surface area (Å²) in [7, 11) is 1.84. The second kappa shape index (κ2) is 9.27. The summed E-state index contributed by atoms with van der Waals surface area (Å²) in [5, 5.41) is 12.2. The summed E-state index contributed by atoms with van der Waals surface area (Å²) in [6.45, 7) is 7.92. The van der Waals surface area contributed by atoms with Gasteiger partial charge < -0.3 is 14.6 Å². The maximum atomic E-state index is 12.6. The summed E-state index contributed by atoms with van der Waals surface area (Å²) in [5.41, 5.74) is 4.80. The van der Waals surface area contributed by atoms with E-state index in [1.165, 1.54) is 17.3 Å². The Kier molecular flexibility index (Phi) is 6.42. The van der Waals surface area contributed by atoms with Crippen molar-refractivity contribution >= 4 is 35.0 Å². The second-order valence-electron chi connectivity index (χ2n) is 8.21. The van der Waals surface area contributed by atoms with Crippen LogP contribution in [-0.2, 0) is 16.6 Å². The van der Waals surface area contributed by atoms with Crippen molar-refractivity contribution in [3.63, 3.8) is 0 Å². The SMILES string of the molecule is Cc1cc(C)c(NC(=O)CSc2nnc([C@@H](C)N3C(=O)COc4ccccc43)n2C)c(C)c1. The zero-order valence-electron chi connectivity index (χ0n) is 19.4. The number of benzene rings is 2. The van der Waals surface area contributed by atoms with Crippen LogP contribution in [0.5, 0.6) is 5.75 Å². The summed E-state index contributed by atoms with van der Waals surface area (Å²) in [5.74, 6) is 1.26. The van der Waals surface area contributed by atoms with Crippen LogP contribution in [0, 0.1) is 20.8 Å². The second-order valence-corrected chi connectivity index (χ2v) is 9.15. The van der Waals surface area contributed by atoms with Gasteiger partial charge in [-0.25, -0.2) is 0 Å². The molecule has 1 N–H and O–H groups in total. The van der Waals surface area contributed by atoms with Crippen LogP contribution in [0.4, 0.5) is 11.4 Å². The lowest BCUT2D eigenvalue weighted by atomic mass is 10.1. The molecule has 0 radical (unpaired) electrons. The molecule has 4 rings (SSSR count). The fourth-order valence-corrected chi connectivity index (χ4v) is 4.88. The molecule has 0 spiro atoms. The molecule has 0 fully saturated rings. The minimum Gasteiger partial charge on any atom is -0.482 e. The average molecular weight is 466 g/mol. The average Bonchev–Trinajstić information content (AvgIpc) is 3.14. The van der Waals surface area contributed by atoms with E-state index in [2.05, 4.69) is 27.6 Å². The number of rotatable bonds is 6. The van der Waals surface area contributed by atoms with E-state index in [0.717, 1.165) is 16.8 Å². The number of carbonyl (C=O) groups excluding carboxylic acids is 2. The van der Waals surface area contributed by atoms with E-state index in [9.17, 15) is 9.59 Å². The third-order valence-electron chi connectivity index (χ3n) is 5.65. The van der Waals surface area contributed by atoms with Gasteiger partial charge in [0.05, 0.1) is 17.5 Å². The van der Waals surface area contributed by atoms with Crippen molar-refractivity contribution in [1.82, 2.24) is 14.8 Å². The maximum absolute atomic E-state index is 12.6. The molecule has 0 unspecified atom stereocenters. The predicted octanol–water partition coefficient (Wildman–Crippen LogP) is 3.96. The Hall–Kier alpha value is -3.33. The summed E-state index contributed by atoms with van der Waals surface area (Å²) < 4.78 is 7.37. The van der Waals surface area contributed by atoms with Crippen LogP contribution in [0.2, 0.25) is 0 Å². The van der Waals surface area contributed by atoms with Gasteiger partial charge in [0.25, 0.3) is 5.91 Å². The third-order valence-corrected chi connectivity index (χ3v) is 6.67. The van der Waals surface area contributed by atoms with E-state index < -0.39 is 0 Å². The van der Waals surface area contributed by atoms with Crippen molar-refractivity contribution in [2.24, 2.45) is 7.05 Å². The van der Waals surface area contributed by atoms with Gasteiger partial charge in [0, 0.05) is 12.7 Å². The highest BCUT2D eigenvalue weighted by molar-refractivity contribution is 7.99. The minimum atomic E-state index is -0.346. The Bertz CT molecular complexity index is 1200. The molecule has 33 heavy (non-hydrogen) atoms. The molecule has 8 nitrogen and oxygen atoms in total. The maximum Gasteiger partial charge on any atom is 0.265 e. The standard InChI is InChI=1S/C24H27N5O3S/c1-14-10-15(2)22(16(3)11-14)25-20(30)13-33-24-27-26-23(28(24)5)17(4)29-18-8-6-7-9-19(18)32-12-21(29)31/h6-11,17H,12-13H2,1-5H3,(H,25,30)/t17-/m1/s1. The Morgan fingerprint density at radius 3 is 2.61 bits per heavy atom. The first kappa shape index (κ1) is 22.8. The van der Waals surface area contributed by atoms with E-state index in [-0.39, 0.29) is 30.2 Å². The van der Waals surface area contributed by atoms with Crippen molar-refractivity contribution in [2.45, 2.75) is 38.9 Å². The van der Waals surface area contributed by atoms with Crippen molar-refractivity contribution in [3.05, 3.63) is 58.9 Å². The van der Waals surface area contributed by atoms with E-state index in [0.29, 0.717) is 22.4 Å². The van der Waals surface area contributed by atoms with Gasteiger partial charge in [0.15, 0.2) is 17.6 Å². The fourth-order valence-electron chi connectivity index (χ4n) is 4.16. The molecular formula is C24H27N5O3S. The van der Waals surface area contributed by atoms with Crippen LogP contribution in [0.1, 0.15) is 35.5 Å².